The SMILES string of the molecule is CCC(C#N)Cc1ccc2c(c1)N(C)C(=O)CO2. The van der Waals surface area contributed by atoms with Crippen molar-refractivity contribution < 1.29 is 9.53 Å². The molecule has 0 aromatic heterocycles. The van der Waals surface area contributed by atoms with Crippen LogP contribution in [0.25, 0.3) is 0 Å². The van der Waals surface area contributed by atoms with Crippen molar-refractivity contribution in [2.75, 3.05) is 18.6 Å². The summed E-state index contributed by atoms with van der Waals surface area (Å²) < 4.78 is 5.36. The summed E-state index contributed by atoms with van der Waals surface area (Å²) >= 11 is 0. The van der Waals surface area contributed by atoms with Gasteiger partial charge < -0.3 is 9.64 Å². The van der Waals surface area contributed by atoms with Gasteiger partial charge in [-0.05, 0) is 30.5 Å². The van der Waals surface area contributed by atoms with Gasteiger partial charge in [-0.2, -0.15) is 5.26 Å². The second-order valence-corrected chi connectivity index (χ2v) is 4.48. The Kier molecular flexibility index (Phi) is 3.52. The zero-order valence-corrected chi connectivity index (χ0v) is 10.6. The van der Waals surface area contributed by atoms with Gasteiger partial charge in [0.1, 0.15) is 5.75 Å². The molecule has 0 bridgehead atoms. The molecule has 1 heterocycles. The molecule has 0 saturated heterocycles. The standard InChI is InChI=1S/C14H16N2O2/c1-3-10(8-15)6-11-4-5-13-12(7-11)16(2)14(17)9-18-13/h4-5,7,10H,3,6,9H2,1-2H3. The number of anilines is 1. The Morgan fingerprint density at radius 2 is 2.33 bits per heavy atom. The summed E-state index contributed by atoms with van der Waals surface area (Å²) in [5.41, 5.74) is 1.85. The topological polar surface area (TPSA) is 53.3 Å². The first kappa shape index (κ1) is 12.4. The maximum Gasteiger partial charge on any atom is 0.264 e. The highest BCUT2D eigenvalue weighted by Gasteiger charge is 2.22. The fraction of sp³-hybridized carbons (Fsp3) is 0.429. The highest BCUT2D eigenvalue weighted by atomic mass is 16.5. The first-order valence-corrected chi connectivity index (χ1v) is 6.07. The highest BCUT2D eigenvalue weighted by molar-refractivity contribution is 5.97. The maximum absolute atomic E-state index is 11.6. The minimum absolute atomic E-state index is 0.0218. The van der Waals surface area contributed by atoms with Crippen LogP contribution in [0.5, 0.6) is 5.75 Å². The van der Waals surface area contributed by atoms with Crippen molar-refractivity contribution in [1.82, 2.24) is 0 Å². The highest BCUT2D eigenvalue weighted by Crippen LogP contribution is 2.32. The Hall–Kier alpha value is -2.02. The number of hydrogen-bond donors (Lipinski definition) is 0. The van der Waals surface area contributed by atoms with E-state index in [0.29, 0.717) is 6.42 Å². The first-order valence-electron chi connectivity index (χ1n) is 6.07. The summed E-state index contributed by atoms with van der Waals surface area (Å²) in [6.07, 6.45) is 1.54. The number of hydrogen-bond acceptors (Lipinski definition) is 3. The van der Waals surface area contributed by atoms with Gasteiger partial charge in [0.25, 0.3) is 5.91 Å². The van der Waals surface area contributed by atoms with Gasteiger partial charge in [-0.25, -0.2) is 0 Å². The second kappa shape index (κ2) is 5.09. The largest absolute Gasteiger partial charge is 0.482 e. The molecule has 2 rings (SSSR count). The molecular formula is C14H16N2O2. The lowest BCUT2D eigenvalue weighted by Gasteiger charge is -2.26. The van der Waals surface area contributed by atoms with Crippen LogP contribution in [0.1, 0.15) is 18.9 Å². The van der Waals surface area contributed by atoms with Crippen molar-refractivity contribution in [3.8, 4) is 11.8 Å². The monoisotopic (exact) mass is 244 g/mol. The van der Waals surface area contributed by atoms with E-state index in [9.17, 15) is 4.79 Å². The molecule has 1 aromatic rings. The number of amides is 1. The molecule has 0 spiro atoms. The van der Waals surface area contributed by atoms with E-state index in [1.165, 1.54) is 0 Å². The number of nitriles is 1. The predicted molar refractivity (Wildman–Crippen MR) is 68.4 cm³/mol. The minimum Gasteiger partial charge on any atom is -0.482 e. The average Bonchev–Trinajstić information content (AvgIpc) is 2.40. The summed E-state index contributed by atoms with van der Waals surface area (Å²) in [6, 6.07) is 8.06. The van der Waals surface area contributed by atoms with Crippen LogP contribution >= 0.6 is 0 Å². The lowest BCUT2D eigenvalue weighted by Crippen LogP contribution is -2.35. The molecule has 1 atom stereocenters. The van der Waals surface area contributed by atoms with Gasteiger partial charge in [0.2, 0.25) is 0 Å². The van der Waals surface area contributed by atoms with Crippen molar-refractivity contribution in [3.63, 3.8) is 0 Å². The summed E-state index contributed by atoms with van der Waals surface area (Å²) in [5, 5.41) is 8.98. The molecule has 4 nitrogen and oxygen atoms in total. The number of nitrogens with zero attached hydrogens (tertiary/aromatic N) is 2. The summed E-state index contributed by atoms with van der Waals surface area (Å²) in [6.45, 7) is 2.10. The Labute approximate surface area is 107 Å². The number of likely N-dealkylation sites (N-methyl/N-ethyl adjacent to an activating group) is 1. The van der Waals surface area contributed by atoms with Crippen LogP contribution in [0.3, 0.4) is 0 Å². The molecule has 1 unspecified atom stereocenters. The summed E-state index contributed by atoms with van der Waals surface area (Å²) in [7, 11) is 1.75. The molecule has 18 heavy (non-hydrogen) atoms. The molecular weight excluding hydrogens is 228 g/mol. The molecule has 0 fully saturated rings. The van der Waals surface area contributed by atoms with E-state index in [4.69, 9.17) is 10.00 Å². The van der Waals surface area contributed by atoms with Crippen molar-refractivity contribution >= 4 is 11.6 Å². The minimum atomic E-state index is -0.0491. The summed E-state index contributed by atoms with van der Waals surface area (Å²) in [4.78, 5) is 13.2. The van der Waals surface area contributed by atoms with E-state index in [2.05, 4.69) is 6.07 Å². The summed E-state index contributed by atoms with van der Waals surface area (Å²) in [5.74, 6) is 0.700. The number of ether oxygens (including phenoxy) is 1. The van der Waals surface area contributed by atoms with Gasteiger partial charge >= 0.3 is 0 Å². The Morgan fingerprint density at radius 1 is 1.56 bits per heavy atom. The third-order valence-electron chi connectivity index (χ3n) is 3.27. The molecule has 0 radical (unpaired) electrons. The van der Waals surface area contributed by atoms with E-state index in [1.54, 1.807) is 11.9 Å². The predicted octanol–water partition coefficient (Wildman–Crippen LogP) is 2.13. The number of benzene rings is 1. The van der Waals surface area contributed by atoms with Crippen LogP contribution in [-0.4, -0.2) is 19.6 Å². The normalized spacial score (nSPS) is 15.6. The van der Waals surface area contributed by atoms with Crippen molar-refractivity contribution in [1.29, 1.82) is 5.26 Å². The van der Waals surface area contributed by atoms with Crippen LogP contribution in [0.4, 0.5) is 5.69 Å². The smallest absolute Gasteiger partial charge is 0.264 e. The fourth-order valence-electron chi connectivity index (χ4n) is 2.01. The van der Waals surface area contributed by atoms with Crippen LogP contribution < -0.4 is 9.64 Å². The van der Waals surface area contributed by atoms with Crippen molar-refractivity contribution in [3.05, 3.63) is 23.8 Å². The van der Waals surface area contributed by atoms with E-state index in [1.807, 2.05) is 25.1 Å². The molecule has 0 saturated carbocycles. The number of carbonyl (C=O) groups excluding carboxylic acids is 1. The van der Waals surface area contributed by atoms with Gasteiger partial charge in [0.05, 0.1) is 17.7 Å². The van der Waals surface area contributed by atoms with Crippen molar-refractivity contribution in [2.45, 2.75) is 19.8 Å². The second-order valence-electron chi connectivity index (χ2n) is 4.48. The molecule has 1 amide bonds. The van der Waals surface area contributed by atoms with E-state index >= 15 is 0 Å². The van der Waals surface area contributed by atoms with E-state index in [0.717, 1.165) is 23.4 Å². The van der Waals surface area contributed by atoms with Gasteiger partial charge in [-0.15, -0.1) is 0 Å². The third-order valence-corrected chi connectivity index (χ3v) is 3.27. The molecule has 0 aliphatic carbocycles. The average molecular weight is 244 g/mol. The first-order chi connectivity index (χ1) is 8.65. The third kappa shape index (κ3) is 2.30. The molecule has 1 aliphatic heterocycles. The molecule has 1 aliphatic rings. The molecule has 4 heteroatoms. The lowest BCUT2D eigenvalue weighted by molar-refractivity contribution is -0.120. The van der Waals surface area contributed by atoms with Crippen LogP contribution in [0.2, 0.25) is 0 Å². The van der Waals surface area contributed by atoms with Crippen molar-refractivity contribution in [2.24, 2.45) is 5.92 Å². The van der Waals surface area contributed by atoms with Crippen LogP contribution in [-0.2, 0) is 11.2 Å². The Morgan fingerprint density at radius 3 is 3.00 bits per heavy atom. The zero-order chi connectivity index (χ0) is 13.1. The van der Waals surface area contributed by atoms with Gasteiger partial charge in [-0.3, -0.25) is 4.79 Å². The Balaban J connectivity index is 2.26. The maximum atomic E-state index is 11.6. The molecule has 1 aromatic carbocycles. The fourth-order valence-corrected chi connectivity index (χ4v) is 2.01. The van der Waals surface area contributed by atoms with Gasteiger partial charge in [-0.1, -0.05) is 13.0 Å². The van der Waals surface area contributed by atoms with Crippen LogP contribution in [0, 0.1) is 17.2 Å². The van der Waals surface area contributed by atoms with E-state index < -0.39 is 0 Å². The van der Waals surface area contributed by atoms with E-state index in [-0.39, 0.29) is 18.4 Å². The molecule has 0 N–H and O–H groups in total. The zero-order valence-electron chi connectivity index (χ0n) is 10.6. The number of carbonyl (C=O) groups is 1. The number of rotatable bonds is 3. The lowest BCUT2D eigenvalue weighted by atomic mass is 9.97. The molecule has 94 valence electrons. The Bertz CT molecular complexity index is 505. The van der Waals surface area contributed by atoms with Gasteiger partial charge in [0, 0.05) is 7.05 Å². The van der Waals surface area contributed by atoms with Gasteiger partial charge in [0.15, 0.2) is 6.61 Å². The number of fused-ring (bicyclic) bond motifs is 1. The quantitative estimate of drug-likeness (QED) is 0.818. The van der Waals surface area contributed by atoms with Crippen LogP contribution in [0.15, 0.2) is 18.2 Å².